The molecule has 1 amide bonds. The molecule has 0 saturated heterocycles. The van der Waals surface area contributed by atoms with Crippen LogP contribution in [0.15, 0.2) is 0 Å². The third-order valence-electron chi connectivity index (χ3n) is 3.09. The topological polar surface area (TPSA) is 55.1 Å². The van der Waals surface area contributed by atoms with Gasteiger partial charge in [0.2, 0.25) is 5.91 Å². The molecule has 0 bridgehead atoms. The Morgan fingerprint density at radius 1 is 1.21 bits per heavy atom. The van der Waals surface area contributed by atoms with Crippen molar-refractivity contribution < 1.29 is 4.79 Å². The maximum absolute atomic E-state index is 12.0. The summed E-state index contributed by atoms with van der Waals surface area (Å²) in [5.74, 6) is 1.32. The molecule has 0 aromatic carbocycles. The number of nitrogens with one attached hydrogen (secondary N) is 1. The Morgan fingerprint density at radius 3 is 2.37 bits per heavy atom. The SMILES string of the molecule is CSCCCCCCNC(=O)C(CN)CC(C)(C)C. The average Bonchev–Trinajstić information content (AvgIpc) is 2.33. The molecule has 0 aliphatic rings. The Balaban J connectivity index is 3.71. The Kier molecular flexibility index (Phi) is 10.4. The van der Waals surface area contributed by atoms with Gasteiger partial charge in [-0.25, -0.2) is 0 Å². The molecule has 0 saturated carbocycles. The summed E-state index contributed by atoms with van der Waals surface area (Å²) in [6, 6.07) is 0. The largest absolute Gasteiger partial charge is 0.356 e. The maximum Gasteiger partial charge on any atom is 0.224 e. The molecular formula is C15H32N2OS. The second-order valence-corrected chi connectivity index (χ2v) is 7.38. The minimum atomic E-state index is -0.0449. The third-order valence-corrected chi connectivity index (χ3v) is 3.79. The number of carbonyl (C=O) groups is 1. The van der Waals surface area contributed by atoms with Crippen molar-refractivity contribution in [3.05, 3.63) is 0 Å². The quantitative estimate of drug-likeness (QED) is 0.608. The average molecular weight is 289 g/mol. The first-order chi connectivity index (χ1) is 8.90. The molecule has 19 heavy (non-hydrogen) atoms. The van der Waals surface area contributed by atoms with E-state index in [1.54, 1.807) is 0 Å². The number of nitrogens with two attached hydrogens (primary N) is 1. The molecule has 0 aromatic rings. The van der Waals surface area contributed by atoms with Crippen molar-refractivity contribution in [1.82, 2.24) is 5.32 Å². The van der Waals surface area contributed by atoms with Crippen molar-refractivity contribution in [3.63, 3.8) is 0 Å². The lowest BCUT2D eigenvalue weighted by atomic mass is 9.84. The van der Waals surface area contributed by atoms with Gasteiger partial charge in [-0.1, -0.05) is 33.6 Å². The predicted octanol–water partition coefficient (Wildman–Crippen LogP) is 3.04. The van der Waals surface area contributed by atoms with E-state index in [0.29, 0.717) is 6.54 Å². The molecule has 0 radical (unpaired) electrons. The van der Waals surface area contributed by atoms with Gasteiger partial charge in [0, 0.05) is 13.1 Å². The summed E-state index contributed by atoms with van der Waals surface area (Å²) in [7, 11) is 0. The van der Waals surface area contributed by atoms with E-state index in [0.717, 1.165) is 19.4 Å². The molecule has 0 aliphatic carbocycles. The standard InChI is InChI=1S/C15H32N2OS/c1-15(2,3)11-13(12-16)14(18)17-9-7-5-6-8-10-19-4/h13H,5-12,16H2,1-4H3,(H,17,18). The maximum atomic E-state index is 12.0. The Labute approximate surface area is 123 Å². The molecule has 0 rings (SSSR count). The lowest BCUT2D eigenvalue weighted by Crippen LogP contribution is -2.37. The van der Waals surface area contributed by atoms with E-state index in [1.165, 1.54) is 25.0 Å². The number of carbonyl (C=O) groups excluding carboxylic acids is 1. The highest BCUT2D eigenvalue weighted by atomic mass is 32.2. The van der Waals surface area contributed by atoms with Crippen LogP contribution in [0.4, 0.5) is 0 Å². The van der Waals surface area contributed by atoms with Crippen LogP contribution in [0.1, 0.15) is 52.9 Å². The highest BCUT2D eigenvalue weighted by Crippen LogP contribution is 2.23. The molecule has 1 atom stereocenters. The minimum absolute atomic E-state index is 0.0449. The summed E-state index contributed by atoms with van der Waals surface area (Å²) in [5.41, 5.74) is 5.85. The normalized spacial score (nSPS) is 13.3. The van der Waals surface area contributed by atoms with E-state index in [2.05, 4.69) is 32.3 Å². The number of hydrogen-bond acceptors (Lipinski definition) is 3. The summed E-state index contributed by atoms with van der Waals surface area (Å²) in [4.78, 5) is 12.0. The molecule has 3 N–H and O–H groups in total. The van der Waals surface area contributed by atoms with Crippen LogP contribution >= 0.6 is 11.8 Å². The van der Waals surface area contributed by atoms with E-state index in [4.69, 9.17) is 5.73 Å². The van der Waals surface area contributed by atoms with Gasteiger partial charge in [0.05, 0.1) is 5.92 Å². The number of amides is 1. The molecule has 114 valence electrons. The summed E-state index contributed by atoms with van der Waals surface area (Å²) in [6.07, 6.45) is 7.81. The van der Waals surface area contributed by atoms with Gasteiger partial charge in [-0.3, -0.25) is 4.79 Å². The van der Waals surface area contributed by atoms with Gasteiger partial charge >= 0.3 is 0 Å². The molecule has 0 fully saturated rings. The second-order valence-electron chi connectivity index (χ2n) is 6.40. The Morgan fingerprint density at radius 2 is 1.84 bits per heavy atom. The smallest absolute Gasteiger partial charge is 0.224 e. The lowest BCUT2D eigenvalue weighted by molar-refractivity contribution is -0.125. The fraction of sp³-hybridized carbons (Fsp3) is 0.933. The van der Waals surface area contributed by atoms with Gasteiger partial charge in [0.1, 0.15) is 0 Å². The summed E-state index contributed by atoms with van der Waals surface area (Å²) >= 11 is 1.90. The van der Waals surface area contributed by atoms with Crippen LogP contribution in [0.2, 0.25) is 0 Å². The van der Waals surface area contributed by atoms with Crippen LogP contribution in [0.3, 0.4) is 0 Å². The van der Waals surface area contributed by atoms with E-state index in [1.807, 2.05) is 11.8 Å². The molecule has 0 aliphatic heterocycles. The zero-order valence-electron chi connectivity index (χ0n) is 13.1. The third kappa shape index (κ3) is 11.3. The van der Waals surface area contributed by atoms with Gasteiger partial charge in [0.15, 0.2) is 0 Å². The van der Waals surface area contributed by atoms with Crippen LogP contribution in [0.5, 0.6) is 0 Å². The van der Waals surface area contributed by atoms with Crippen molar-refractivity contribution >= 4 is 17.7 Å². The Hall–Kier alpha value is -0.220. The molecule has 0 heterocycles. The van der Waals surface area contributed by atoms with E-state index >= 15 is 0 Å². The van der Waals surface area contributed by atoms with Crippen molar-refractivity contribution in [2.45, 2.75) is 52.9 Å². The number of rotatable bonds is 10. The molecular weight excluding hydrogens is 256 g/mol. The molecule has 0 spiro atoms. The van der Waals surface area contributed by atoms with Crippen LogP contribution in [-0.4, -0.2) is 31.0 Å². The lowest BCUT2D eigenvalue weighted by Gasteiger charge is -2.24. The first kappa shape index (κ1) is 18.8. The fourth-order valence-corrected chi connectivity index (χ4v) is 2.60. The number of unbranched alkanes of at least 4 members (excludes halogenated alkanes) is 3. The van der Waals surface area contributed by atoms with E-state index in [-0.39, 0.29) is 17.2 Å². The molecule has 0 aromatic heterocycles. The van der Waals surface area contributed by atoms with Gasteiger partial charge in [-0.05, 0) is 36.7 Å². The van der Waals surface area contributed by atoms with Crippen molar-refractivity contribution in [2.24, 2.45) is 17.1 Å². The van der Waals surface area contributed by atoms with E-state index in [9.17, 15) is 4.79 Å². The molecule has 4 heteroatoms. The number of hydrogen-bond donors (Lipinski definition) is 2. The highest BCUT2D eigenvalue weighted by Gasteiger charge is 2.23. The number of thioether (sulfide) groups is 1. The van der Waals surface area contributed by atoms with Gasteiger partial charge in [-0.2, -0.15) is 11.8 Å². The fourth-order valence-electron chi connectivity index (χ4n) is 2.10. The second kappa shape index (κ2) is 10.6. The monoisotopic (exact) mass is 288 g/mol. The van der Waals surface area contributed by atoms with Gasteiger partial charge in [0.25, 0.3) is 0 Å². The van der Waals surface area contributed by atoms with E-state index < -0.39 is 0 Å². The first-order valence-corrected chi connectivity index (χ1v) is 8.77. The Bertz CT molecular complexity index is 239. The van der Waals surface area contributed by atoms with Gasteiger partial charge in [-0.15, -0.1) is 0 Å². The molecule has 1 unspecified atom stereocenters. The minimum Gasteiger partial charge on any atom is -0.356 e. The van der Waals surface area contributed by atoms with Crippen LogP contribution in [0.25, 0.3) is 0 Å². The zero-order chi connectivity index (χ0) is 14.7. The predicted molar refractivity (Wildman–Crippen MR) is 86.5 cm³/mol. The first-order valence-electron chi connectivity index (χ1n) is 7.37. The summed E-state index contributed by atoms with van der Waals surface area (Å²) < 4.78 is 0. The molecule has 3 nitrogen and oxygen atoms in total. The van der Waals surface area contributed by atoms with Crippen LogP contribution < -0.4 is 11.1 Å². The zero-order valence-corrected chi connectivity index (χ0v) is 13.9. The van der Waals surface area contributed by atoms with Crippen molar-refractivity contribution in [3.8, 4) is 0 Å². The highest BCUT2D eigenvalue weighted by molar-refractivity contribution is 7.98. The van der Waals surface area contributed by atoms with Crippen molar-refractivity contribution in [2.75, 3.05) is 25.1 Å². The van der Waals surface area contributed by atoms with Crippen molar-refractivity contribution in [1.29, 1.82) is 0 Å². The summed E-state index contributed by atoms with van der Waals surface area (Å²) in [5, 5.41) is 3.02. The summed E-state index contributed by atoms with van der Waals surface area (Å²) in [6.45, 7) is 7.67. The van der Waals surface area contributed by atoms with Gasteiger partial charge < -0.3 is 11.1 Å². The van der Waals surface area contributed by atoms with Crippen LogP contribution in [-0.2, 0) is 4.79 Å². The van der Waals surface area contributed by atoms with Crippen LogP contribution in [0, 0.1) is 11.3 Å².